The van der Waals surface area contributed by atoms with Gasteiger partial charge in [-0.3, -0.25) is 0 Å². The fraction of sp³-hybridized carbons (Fsp3) is 0.111. The summed E-state index contributed by atoms with van der Waals surface area (Å²) in [6.45, 7) is 0. The second-order valence-electron chi connectivity index (χ2n) is 2.74. The van der Waals surface area contributed by atoms with Gasteiger partial charge in [0.05, 0.1) is 0 Å². The van der Waals surface area contributed by atoms with E-state index < -0.39 is 0 Å². The molecule has 2 nitrogen and oxygen atoms in total. The highest BCUT2D eigenvalue weighted by molar-refractivity contribution is 9.10. The third kappa shape index (κ3) is 3.17. The summed E-state index contributed by atoms with van der Waals surface area (Å²) in [4.78, 5) is 1.20. The lowest BCUT2D eigenvalue weighted by Gasteiger charge is -1.99. The Balaban J connectivity index is 1.99. The number of hydrogen-bond donors (Lipinski definition) is 0. The van der Waals surface area contributed by atoms with E-state index >= 15 is 0 Å². The first kappa shape index (κ1) is 11.4. The minimum Gasteiger partial charge on any atom is -0.141 e. The van der Waals surface area contributed by atoms with Crippen LogP contribution in [0.2, 0.25) is 4.34 Å². The van der Waals surface area contributed by atoms with Crippen LogP contribution in [-0.2, 0) is 5.75 Å². The lowest BCUT2D eigenvalue weighted by Crippen LogP contribution is -1.81. The number of halogens is 2. The summed E-state index contributed by atoms with van der Waals surface area (Å²) in [6, 6.07) is 8.15. The number of rotatable bonds is 3. The van der Waals surface area contributed by atoms with E-state index in [1.807, 2.05) is 12.1 Å². The zero-order valence-electron chi connectivity index (χ0n) is 7.48. The second-order valence-corrected chi connectivity index (χ2v) is 6.06. The summed E-state index contributed by atoms with van der Waals surface area (Å²) in [5.41, 5.74) is 0.856. The SMILES string of the molecule is Clc1snnc1CSc1ccc(Br)cc1. The largest absolute Gasteiger partial charge is 0.141 e. The van der Waals surface area contributed by atoms with Crippen molar-refractivity contribution in [2.75, 3.05) is 0 Å². The molecule has 1 aromatic carbocycles. The molecule has 2 rings (SSSR count). The van der Waals surface area contributed by atoms with Crippen LogP contribution in [0, 0.1) is 0 Å². The number of hydrogen-bond acceptors (Lipinski definition) is 4. The van der Waals surface area contributed by atoms with Crippen LogP contribution in [0.1, 0.15) is 5.69 Å². The maximum atomic E-state index is 5.90. The molecule has 0 saturated carbocycles. The fourth-order valence-electron chi connectivity index (χ4n) is 0.966. The smallest absolute Gasteiger partial charge is 0.138 e. The Morgan fingerprint density at radius 2 is 2.07 bits per heavy atom. The molecule has 0 spiro atoms. The van der Waals surface area contributed by atoms with Gasteiger partial charge in [-0.05, 0) is 24.3 Å². The highest BCUT2D eigenvalue weighted by Crippen LogP contribution is 2.27. The molecule has 0 fully saturated rings. The van der Waals surface area contributed by atoms with Crippen LogP contribution in [0.25, 0.3) is 0 Å². The highest BCUT2D eigenvalue weighted by atomic mass is 79.9. The van der Waals surface area contributed by atoms with Crippen LogP contribution >= 0.6 is 50.8 Å². The van der Waals surface area contributed by atoms with Gasteiger partial charge in [-0.2, -0.15) is 0 Å². The van der Waals surface area contributed by atoms with Crippen molar-refractivity contribution in [2.24, 2.45) is 0 Å². The van der Waals surface area contributed by atoms with E-state index in [9.17, 15) is 0 Å². The van der Waals surface area contributed by atoms with Crippen LogP contribution in [0.3, 0.4) is 0 Å². The van der Waals surface area contributed by atoms with Crippen LogP contribution in [0.5, 0.6) is 0 Å². The Bertz CT molecular complexity index is 444. The molecule has 0 N–H and O–H groups in total. The third-order valence-electron chi connectivity index (χ3n) is 1.70. The van der Waals surface area contributed by atoms with Gasteiger partial charge in [-0.1, -0.05) is 32.0 Å². The molecule has 2 aromatic rings. The molecule has 0 aliphatic rings. The van der Waals surface area contributed by atoms with Gasteiger partial charge in [-0.15, -0.1) is 16.9 Å². The molecule has 0 atom stereocenters. The van der Waals surface area contributed by atoms with Crippen molar-refractivity contribution < 1.29 is 0 Å². The lowest BCUT2D eigenvalue weighted by atomic mass is 10.4. The molecular formula is C9H6BrClN2S2. The molecular weight excluding hydrogens is 316 g/mol. The average molecular weight is 322 g/mol. The molecule has 0 aliphatic carbocycles. The first-order valence-electron chi connectivity index (χ1n) is 4.11. The lowest BCUT2D eigenvalue weighted by molar-refractivity contribution is 1.07. The first-order chi connectivity index (χ1) is 7.25. The summed E-state index contributed by atoms with van der Waals surface area (Å²) in [6.07, 6.45) is 0. The van der Waals surface area contributed by atoms with Gasteiger partial charge in [-0.25, -0.2) is 0 Å². The number of benzene rings is 1. The van der Waals surface area contributed by atoms with Gasteiger partial charge in [0, 0.05) is 26.7 Å². The van der Waals surface area contributed by atoms with Crippen LogP contribution < -0.4 is 0 Å². The van der Waals surface area contributed by atoms with E-state index in [1.54, 1.807) is 11.8 Å². The van der Waals surface area contributed by atoms with Crippen molar-refractivity contribution in [3.05, 3.63) is 38.8 Å². The van der Waals surface area contributed by atoms with E-state index in [1.165, 1.54) is 16.4 Å². The van der Waals surface area contributed by atoms with E-state index in [4.69, 9.17) is 11.6 Å². The normalized spacial score (nSPS) is 10.5. The predicted molar refractivity (Wildman–Crippen MR) is 68.6 cm³/mol. The molecule has 0 saturated heterocycles. The van der Waals surface area contributed by atoms with Crippen LogP contribution in [0.4, 0.5) is 0 Å². The van der Waals surface area contributed by atoms with Crippen molar-refractivity contribution in [1.29, 1.82) is 0 Å². The van der Waals surface area contributed by atoms with Crippen LogP contribution in [0.15, 0.2) is 33.6 Å². The monoisotopic (exact) mass is 320 g/mol. The quantitative estimate of drug-likeness (QED) is 0.791. The predicted octanol–water partition coefficient (Wildman–Crippen LogP) is 4.25. The Kier molecular flexibility index (Phi) is 4.02. The van der Waals surface area contributed by atoms with E-state index in [0.29, 0.717) is 4.34 Å². The minimum atomic E-state index is 0.680. The summed E-state index contributed by atoms with van der Waals surface area (Å²) < 4.78 is 5.55. The summed E-state index contributed by atoms with van der Waals surface area (Å²) in [5.74, 6) is 0.761. The molecule has 0 radical (unpaired) electrons. The van der Waals surface area contributed by atoms with Gasteiger partial charge in [0.1, 0.15) is 10.0 Å². The topological polar surface area (TPSA) is 25.8 Å². The second kappa shape index (κ2) is 5.30. The summed E-state index contributed by atoms with van der Waals surface area (Å²) in [5, 5.41) is 3.95. The van der Waals surface area contributed by atoms with Crippen molar-refractivity contribution in [3.8, 4) is 0 Å². The molecule has 6 heteroatoms. The zero-order chi connectivity index (χ0) is 10.7. The fourth-order valence-corrected chi connectivity index (χ4v) is 2.86. The van der Waals surface area contributed by atoms with Gasteiger partial charge >= 0.3 is 0 Å². The highest BCUT2D eigenvalue weighted by Gasteiger charge is 2.05. The first-order valence-corrected chi connectivity index (χ1v) is 7.04. The number of nitrogens with zero attached hydrogens (tertiary/aromatic N) is 2. The minimum absolute atomic E-state index is 0.680. The summed E-state index contributed by atoms with van der Waals surface area (Å²) >= 11 is 12.2. The Labute approximate surface area is 109 Å². The molecule has 15 heavy (non-hydrogen) atoms. The molecule has 0 amide bonds. The van der Waals surface area contributed by atoms with E-state index in [-0.39, 0.29) is 0 Å². The van der Waals surface area contributed by atoms with Crippen molar-refractivity contribution >= 4 is 50.8 Å². The van der Waals surface area contributed by atoms with Crippen LogP contribution in [-0.4, -0.2) is 9.59 Å². The zero-order valence-corrected chi connectivity index (χ0v) is 11.5. The average Bonchev–Trinajstić information content (AvgIpc) is 2.63. The van der Waals surface area contributed by atoms with Crippen molar-refractivity contribution in [1.82, 2.24) is 9.59 Å². The molecule has 1 aromatic heterocycles. The number of thioether (sulfide) groups is 1. The van der Waals surface area contributed by atoms with E-state index in [2.05, 4.69) is 37.6 Å². The molecule has 0 bridgehead atoms. The maximum absolute atomic E-state index is 5.90. The Morgan fingerprint density at radius 3 is 2.67 bits per heavy atom. The van der Waals surface area contributed by atoms with Gasteiger partial charge < -0.3 is 0 Å². The van der Waals surface area contributed by atoms with Gasteiger partial charge in [0.15, 0.2) is 0 Å². The van der Waals surface area contributed by atoms with Gasteiger partial charge in [0.25, 0.3) is 0 Å². The van der Waals surface area contributed by atoms with Crippen molar-refractivity contribution in [2.45, 2.75) is 10.6 Å². The molecule has 0 unspecified atom stereocenters. The molecule has 1 heterocycles. The maximum Gasteiger partial charge on any atom is 0.138 e. The standard InChI is InChI=1S/C9H6BrClN2S2/c10-6-1-3-7(4-2-6)14-5-8-9(11)15-13-12-8/h1-4H,5H2. The molecule has 0 aliphatic heterocycles. The van der Waals surface area contributed by atoms with Gasteiger partial charge in [0.2, 0.25) is 0 Å². The van der Waals surface area contributed by atoms with E-state index in [0.717, 1.165) is 15.9 Å². The molecule has 78 valence electrons. The summed E-state index contributed by atoms with van der Waals surface area (Å²) in [7, 11) is 0. The third-order valence-corrected chi connectivity index (χ3v) is 4.23. The Morgan fingerprint density at radius 1 is 1.33 bits per heavy atom. The van der Waals surface area contributed by atoms with Crippen molar-refractivity contribution in [3.63, 3.8) is 0 Å². The number of aromatic nitrogens is 2. The Hall–Kier alpha value is -0.100.